The van der Waals surface area contributed by atoms with Crippen molar-refractivity contribution in [3.8, 4) is 0 Å². The molecule has 0 radical (unpaired) electrons. The average Bonchev–Trinajstić information content (AvgIpc) is 2.34. The van der Waals surface area contributed by atoms with Crippen molar-refractivity contribution in [1.29, 1.82) is 0 Å². The van der Waals surface area contributed by atoms with E-state index >= 15 is 0 Å². The van der Waals surface area contributed by atoms with Gasteiger partial charge in [0.1, 0.15) is 0 Å². The van der Waals surface area contributed by atoms with Gasteiger partial charge in [-0.05, 0) is 31.8 Å². The summed E-state index contributed by atoms with van der Waals surface area (Å²) in [6.45, 7) is 2.54. The second kappa shape index (κ2) is 8.53. The fourth-order valence-electron chi connectivity index (χ4n) is 1.58. The van der Waals surface area contributed by atoms with E-state index in [1.807, 2.05) is 0 Å². The number of nitrogens with two attached hydrogens (primary N) is 1. The molecule has 0 bridgehead atoms. The molecule has 0 amide bonds. The maximum atomic E-state index is 11.4. The Labute approximate surface area is 123 Å². The van der Waals surface area contributed by atoms with Gasteiger partial charge in [-0.3, -0.25) is 4.52 Å². The summed E-state index contributed by atoms with van der Waals surface area (Å²) in [4.78, 5) is 17.0. The van der Waals surface area contributed by atoms with Gasteiger partial charge in [0, 0.05) is 6.61 Å². The van der Waals surface area contributed by atoms with E-state index in [1.165, 1.54) is 6.08 Å². The van der Waals surface area contributed by atoms with E-state index in [-0.39, 0.29) is 12.9 Å². The predicted octanol–water partition coefficient (Wildman–Crippen LogP) is 1.67. The molecule has 0 aromatic rings. The molecule has 1 fully saturated rings. The lowest BCUT2D eigenvalue weighted by Crippen LogP contribution is -2.22. The van der Waals surface area contributed by atoms with Gasteiger partial charge in [0.25, 0.3) is 0 Å². The van der Waals surface area contributed by atoms with Gasteiger partial charge < -0.3 is 19.3 Å². The molecule has 4 N–H and O–H groups in total. The SMILES string of the molecule is C/C(=C\COP(N)(=O)OP(=O)(O)O)COC1CCCCO1. The molecule has 0 aromatic carbocycles. The summed E-state index contributed by atoms with van der Waals surface area (Å²) in [5.74, 6) is 0. The lowest BCUT2D eigenvalue weighted by atomic mass is 10.2. The molecule has 11 heteroatoms. The van der Waals surface area contributed by atoms with Crippen LogP contribution < -0.4 is 5.50 Å². The third-order valence-electron chi connectivity index (χ3n) is 2.54. The standard InChI is InChI=1S/C10H21NO8P2/c1-9(8-17-10-4-2-3-6-16-10)5-7-18-20(11,12)19-21(13,14)15/h5,10H,2-4,6-8H2,1H3,(H2,11,12)(H2,13,14,15)/b9-5+. The third-order valence-corrected chi connectivity index (χ3v) is 4.81. The average molecular weight is 345 g/mol. The van der Waals surface area contributed by atoms with Crippen LogP contribution in [-0.2, 0) is 27.4 Å². The quantitative estimate of drug-likeness (QED) is 0.443. The molecule has 0 aromatic heterocycles. The van der Waals surface area contributed by atoms with E-state index in [9.17, 15) is 9.13 Å². The minimum absolute atomic E-state index is 0.214. The first-order valence-corrected chi connectivity index (χ1v) is 9.51. The molecule has 124 valence electrons. The Kier molecular flexibility index (Phi) is 7.70. The van der Waals surface area contributed by atoms with Gasteiger partial charge in [0.2, 0.25) is 0 Å². The number of hydrogen-bond acceptors (Lipinski definition) is 6. The molecule has 1 heterocycles. The highest BCUT2D eigenvalue weighted by Crippen LogP contribution is 2.55. The zero-order chi connectivity index (χ0) is 15.9. The molecule has 21 heavy (non-hydrogen) atoms. The van der Waals surface area contributed by atoms with Crippen LogP contribution in [0, 0.1) is 0 Å². The van der Waals surface area contributed by atoms with E-state index < -0.39 is 15.6 Å². The molecule has 1 saturated heterocycles. The lowest BCUT2D eigenvalue weighted by Gasteiger charge is -2.22. The summed E-state index contributed by atoms with van der Waals surface area (Å²) in [5.41, 5.74) is 5.80. The molecule has 1 aliphatic heterocycles. The molecule has 1 rings (SSSR count). The maximum Gasteiger partial charge on any atom is 0.477 e. The van der Waals surface area contributed by atoms with Crippen LogP contribution in [0.15, 0.2) is 11.6 Å². The van der Waals surface area contributed by atoms with Gasteiger partial charge >= 0.3 is 15.6 Å². The smallest absolute Gasteiger partial charge is 0.353 e. The van der Waals surface area contributed by atoms with Crippen molar-refractivity contribution in [2.24, 2.45) is 5.50 Å². The highest BCUT2D eigenvalue weighted by molar-refractivity contribution is 7.62. The summed E-state index contributed by atoms with van der Waals surface area (Å²) in [6.07, 6.45) is 4.26. The van der Waals surface area contributed by atoms with Crippen LogP contribution in [0.5, 0.6) is 0 Å². The van der Waals surface area contributed by atoms with E-state index in [0.717, 1.165) is 24.8 Å². The molecule has 0 aliphatic carbocycles. The van der Waals surface area contributed by atoms with Gasteiger partial charge in [-0.25, -0.2) is 14.6 Å². The Bertz CT molecular complexity index is 442. The van der Waals surface area contributed by atoms with Gasteiger partial charge in [-0.1, -0.05) is 6.08 Å². The Morgan fingerprint density at radius 2 is 2.14 bits per heavy atom. The predicted molar refractivity (Wildman–Crippen MR) is 74.2 cm³/mol. The zero-order valence-corrected chi connectivity index (χ0v) is 13.5. The normalized spacial score (nSPS) is 23.8. The highest BCUT2D eigenvalue weighted by atomic mass is 31.3. The van der Waals surface area contributed by atoms with Crippen molar-refractivity contribution in [3.05, 3.63) is 11.6 Å². The Hall–Kier alpha value is -0.0800. The number of phosphoric acid groups is 1. The second-order valence-electron chi connectivity index (χ2n) is 4.57. The van der Waals surface area contributed by atoms with Crippen molar-refractivity contribution in [1.82, 2.24) is 0 Å². The number of rotatable bonds is 8. The molecule has 9 nitrogen and oxygen atoms in total. The first-order chi connectivity index (χ1) is 9.68. The van der Waals surface area contributed by atoms with Crippen LogP contribution in [0.4, 0.5) is 0 Å². The second-order valence-corrected chi connectivity index (χ2v) is 7.54. The fourth-order valence-corrected chi connectivity index (χ4v) is 3.24. The molecule has 2 atom stereocenters. The first-order valence-electron chi connectivity index (χ1n) is 6.37. The van der Waals surface area contributed by atoms with Crippen LogP contribution in [-0.4, -0.2) is 35.9 Å². The van der Waals surface area contributed by atoms with Crippen molar-refractivity contribution < 1.29 is 37.2 Å². The molecule has 1 aliphatic rings. The molecule has 0 saturated carbocycles. The molecular formula is C10H21NO8P2. The van der Waals surface area contributed by atoms with Gasteiger partial charge in [0.15, 0.2) is 6.29 Å². The number of hydrogen-bond donors (Lipinski definition) is 3. The molecular weight excluding hydrogens is 324 g/mol. The summed E-state index contributed by atoms with van der Waals surface area (Å²) < 4.78 is 41.3. The Balaban J connectivity index is 2.28. The van der Waals surface area contributed by atoms with Gasteiger partial charge in [0.05, 0.1) is 13.2 Å². The van der Waals surface area contributed by atoms with Gasteiger partial charge in [-0.15, -0.1) is 0 Å². The van der Waals surface area contributed by atoms with Crippen molar-refractivity contribution in [2.45, 2.75) is 32.5 Å². The topological polar surface area (TPSA) is 138 Å². The van der Waals surface area contributed by atoms with Crippen molar-refractivity contribution >= 4 is 15.6 Å². The van der Waals surface area contributed by atoms with Crippen LogP contribution in [0.1, 0.15) is 26.2 Å². The van der Waals surface area contributed by atoms with Crippen LogP contribution >= 0.6 is 15.6 Å². The molecule has 2 unspecified atom stereocenters. The first kappa shape index (κ1) is 19.0. The summed E-state index contributed by atoms with van der Waals surface area (Å²) in [6, 6.07) is 0. The largest absolute Gasteiger partial charge is 0.477 e. The summed E-state index contributed by atoms with van der Waals surface area (Å²) in [5, 5.41) is 0. The monoisotopic (exact) mass is 345 g/mol. The lowest BCUT2D eigenvalue weighted by molar-refractivity contribution is -0.156. The zero-order valence-electron chi connectivity index (χ0n) is 11.7. The van der Waals surface area contributed by atoms with E-state index in [0.29, 0.717) is 13.2 Å². The third kappa shape index (κ3) is 9.52. The number of ether oxygens (including phenoxy) is 2. The summed E-state index contributed by atoms with van der Waals surface area (Å²) >= 11 is 0. The van der Waals surface area contributed by atoms with Crippen molar-refractivity contribution in [3.63, 3.8) is 0 Å². The highest BCUT2D eigenvalue weighted by Gasteiger charge is 2.29. The van der Waals surface area contributed by atoms with Crippen LogP contribution in [0.2, 0.25) is 0 Å². The Morgan fingerprint density at radius 1 is 1.43 bits per heavy atom. The Morgan fingerprint density at radius 3 is 2.71 bits per heavy atom. The van der Waals surface area contributed by atoms with Crippen molar-refractivity contribution in [2.75, 3.05) is 19.8 Å². The minimum atomic E-state index is -4.96. The van der Waals surface area contributed by atoms with E-state index in [4.69, 9.17) is 24.8 Å². The maximum absolute atomic E-state index is 11.4. The van der Waals surface area contributed by atoms with Crippen LogP contribution in [0.3, 0.4) is 0 Å². The summed E-state index contributed by atoms with van der Waals surface area (Å²) in [7, 11) is -9.25. The minimum Gasteiger partial charge on any atom is -0.353 e. The van der Waals surface area contributed by atoms with Crippen LogP contribution in [0.25, 0.3) is 0 Å². The molecule has 0 spiro atoms. The fraction of sp³-hybridized carbons (Fsp3) is 0.800. The van der Waals surface area contributed by atoms with E-state index in [2.05, 4.69) is 8.83 Å². The van der Waals surface area contributed by atoms with Gasteiger partial charge in [-0.2, -0.15) is 4.31 Å². The van der Waals surface area contributed by atoms with E-state index in [1.54, 1.807) is 6.92 Å².